The third-order valence-electron chi connectivity index (χ3n) is 4.50. The topological polar surface area (TPSA) is 62.4 Å². The van der Waals surface area contributed by atoms with Gasteiger partial charge in [0.2, 0.25) is 5.91 Å². The minimum absolute atomic E-state index is 0.0791. The van der Waals surface area contributed by atoms with E-state index >= 15 is 0 Å². The SMILES string of the molecule is COc1ccc(CN(Cc2cc3cccc(C)c3[nH]c2=O)C(C)=O)cc1. The van der Waals surface area contributed by atoms with Gasteiger partial charge in [0.05, 0.1) is 19.2 Å². The summed E-state index contributed by atoms with van der Waals surface area (Å²) in [4.78, 5) is 29.2. The zero-order valence-corrected chi connectivity index (χ0v) is 15.2. The van der Waals surface area contributed by atoms with E-state index in [4.69, 9.17) is 4.74 Å². The smallest absolute Gasteiger partial charge is 0.253 e. The number of nitrogens with zero attached hydrogens (tertiary/aromatic N) is 1. The van der Waals surface area contributed by atoms with Crippen molar-refractivity contribution in [2.24, 2.45) is 0 Å². The maximum absolute atomic E-state index is 12.5. The predicted molar refractivity (Wildman–Crippen MR) is 102 cm³/mol. The zero-order chi connectivity index (χ0) is 18.7. The Hall–Kier alpha value is -3.08. The summed E-state index contributed by atoms with van der Waals surface area (Å²) >= 11 is 0. The molecule has 0 aliphatic carbocycles. The highest BCUT2D eigenvalue weighted by molar-refractivity contribution is 5.82. The van der Waals surface area contributed by atoms with Crippen LogP contribution < -0.4 is 10.3 Å². The van der Waals surface area contributed by atoms with Gasteiger partial charge in [-0.15, -0.1) is 0 Å². The molecule has 0 bridgehead atoms. The van der Waals surface area contributed by atoms with E-state index in [1.807, 2.05) is 55.5 Å². The monoisotopic (exact) mass is 350 g/mol. The van der Waals surface area contributed by atoms with Crippen molar-refractivity contribution < 1.29 is 9.53 Å². The Morgan fingerprint density at radius 1 is 1.12 bits per heavy atom. The first-order valence-electron chi connectivity index (χ1n) is 8.48. The van der Waals surface area contributed by atoms with Gasteiger partial charge in [0.15, 0.2) is 0 Å². The van der Waals surface area contributed by atoms with Crippen molar-refractivity contribution in [1.29, 1.82) is 0 Å². The van der Waals surface area contributed by atoms with Crippen LogP contribution in [0, 0.1) is 6.92 Å². The molecule has 1 heterocycles. The molecule has 0 radical (unpaired) electrons. The molecule has 3 rings (SSSR count). The Kier molecular flexibility index (Phi) is 5.07. The Morgan fingerprint density at radius 3 is 2.50 bits per heavy atom. The number of carbonyl (C=O) groups is 1. The summed E-state index contributed by atoms with van der Waals surface area (Å²) in [5.74, 6) is 0.689. The van der Waals surface area contributed by atoms with Crippen LogP contribution in [0.5, 0.6) is 5.75 Å². The standard InChI is InChI=1S/C21H22N2O3/c1-14-5-4-6-17-11-18(21(25)22-20(14)17)13-23(15(2)24)12-16-7-9-19(26-3)10-8-16/h4-11H,12-13H2,1-3H3,(H,22,25). The molecule has 0 aliphatic rings. The highest BCUT2D eigenvalue weighted by atomic mass is 16.5. The second kappa shape index (κ2) is 7.44. The van der Waals surface area contributed by atoms with Crippen molar-refractivity contribution in [2.75, 3.05) is 7.11 Å². The molecule has 3 aromatic rings. The Labute approximate surface area is 152 Å². The van der Waals surface area contributed by atoms with Crippen LogP contribution in [-0.4, -0.2) is 22.9 Å². The van der Waals surface area contributed by atoms with E-state index in [1.165, 1.54) is 6.92 Å². The van der Waals surface area contributed by atoms with E-state index in [1.54, 1.807) is 12.0 Å². The number of ether oxygens (including phenoxy) is 1. The third kappa shape index (κ3) is 3.77. The van der Waals surface area contributed by atoms with Gasteiger partial charge in [-0.05, 0) is 41.6 Å². The van der Waals surface area contributed by atoms with Crippen molar-refractivity contribution in [3.63, 3.8) is 0 Å². The number of hydrogen-bond donors (Lipinski definition) is 1. The van der Waals surface area contributed by atoms with Crippen molar-refractivity contribution in [1.82, 2.24) is 9.88 Å². The number of H-pyrrole nitrogens is 1. The molecule has 0 saturated heterocycles. The van der Waals surface area contributed by atoms with Crippen LogP contribution in [0.4, 0.5) is 0 Å². The summed E-state index contributed by atoms with van der Waals surface area (Å²) in [5.41, 5.74) is 3.26. The number of aryl methyl sites for hydroxylation is 1. The van der Waals surface area contributed by atoms with Gasteiger partial charge >= 0.3 is 0 Å². The normalized spacial score (nSPS) is 10.7. The molecule has 1 aromatic heterocycles. The van der Waals surface area contributed by atoms with Crippen molar-refractivity contribution in [2.45, 2.75) is 26.9 Å². The van der Waals surface area contributed by atoms with Crippen LogP contribution in [0.3, 0.4) is 0 Å². The number of carbonyl (C=O) groups excluding carboxylic acids is 1. The minimum Gasteiger partial charge on any atom is -0.497 e. The number of hydrogen-bond acceptors (Lipinski definition) is 3. The van der Waals surface area contributed by atoms with Gasteiger partial charge < -0.3 is 14.6 Å². The van der Waals surface area contributed by atoms with Crippen LogP contribution in [0.1, 0.15) is 23.6 Å². The summed E-state index contributed by atoms with van der Waals surface area (Å²) in [5, 5.41) is 0.965. The average molecular weight is 350 g/mol. The van der Waals surface area contributed by atoms with E-state index < -0.39 is 0 Å². The molecule has 134 valence electrons. The van der Waals surface area contributed by atoms with Crippen LogP contribution in [-0.2, 0) is 17.9 Å². The number of nitrogens with one attached hydrogen (secondary N) is 1. The zero-order valence-electron chi connectivity index (χ0n) is 15.2. The van der Waals surface area contributed by atoms with Gasteiger partial charge in [-0.25, -0.2) is 0 Å². The summed E-state index contributed by atoms with van der Waals surface area (Å²) in [6, 6.07) is 15.3. The van der Waals surface area contributed by atoms with Gasteiger partial charge in [-0.2, -0.15) is 0 Å². The van der Waals surface area contributed by atoms with Crippen LogP contribution in [0.2, 0.25) is 0 Å². The van der Waals surface area contributed by atoms with E-state index in [9.17, 15) is 9.59 Å². The second-order valence-corrected chi connectivity index (χ2v) is 6.39. The van der Waals surface area contributed by atoms with Crippen LogP contribution in [0.25, 0.3) is 10.9 Å². The molecule has 0 spiro atoms. The molecule has 0 unspecified atom stereocenters. The maximum atomic E-state index is 12.5. The molecule has 5 nitrogen and oxygen atoms in total. The van der Waals surface area contributed by atoms with Gasteiger partial charge in [0, 0.05) is 19.0 Å². The number of aromatic nitrogens is 1. The average Bonchev–Trinajstić information content (AvgIpc) is 2.63. The van der Waals surface area contributed by atoms with E-state index in [2.05, 4.69) is 4.98 Å². The van der Waals surface area contributed by atoms with Gasteiger partial charge in [0.1, 0.15) is 5.75 Å². The van der Waals surface area contributed by atoms with Gasteiger partial charge in [-0.3, -0.25) is 9.59 Å². The quantitative estimate of drug-likeness (QED) is 0.767. The number of pyridine rings is 1. The molecule has 0 atom stereocenters. The summed E-state index contributed by atoms with van der Waals surface area (Å²) in [6.07, 6.45) is 0. The Morgan fingerprint density at radius 2 is 1.85 bits per heavy atom. The van der Waals surface area contributed by atoms with Crippen LogP contribution >= 0.6 is 0 Å². The lowest BCUT2D eigenvalue weighted by Gasteiger charge is -2.21. The molecule has 5 heteroatoms. The lowest BCUT2D eigenvalue weighted by Crippen LogP contribution is -2.30. The summed E-state index contributed by atoms with van der Waals surface area (Å²) in [7, 11) is 1.62. The van der Waals surface area contributed by atoms with E-state index in [0.717, 1.165) is 27.8 Å². The minimum atomic E-state index is -0.159. The van der Waals surface area contributed by atoms with Gasteiger partial charge in [0.25, 0.3) is 5.56 Å². The van der Waals surface area contributed by atoms with Crippen molar-refractivity contribution in [3.8, 4) is 5.75 Å². The fraction of sp³-hybridized carbons (Fsp3) is 0.238. The molecule has 2 aromatic carbocycles. The molecule has 0 saturated carbocycles. The Balaban J connectivity index is 1.88. The first kappa shape index (κ1) is 17.7. The first-order valence-corrected chi connectivity index (χ1v) is 8.48. The number of rotatable bonds is 5. The predicted octanol–water partition coefficient (Wildman–Crippen LogP) is 3.39. The lowest BCUT2D eigenvalue weighted by atomic mass is 10.1. The van der Waals surface area contributed by atoms with Crippen molar-refractivity contribution >= 4 is 16.8 Å². The number of amides is 1. The first-order chi connectivity index (χ1) is 12.5. The van der Waals surface area contributed by atoms with Crippen LogP contribution in [0.15, 0.2) is 53.3 Å². The molecule has 1 N–H and O–H groups in total. The number of fused-ring (bicyclic) bond motifs is 1. The van der Waals surface area contributed by atoms with Gasteiger partial charge in [-0.1, -0.05) is 30.3 Å². The van der Waals surface area contributed by atoms with E-state index in [-0.39, 0.29) is 18.0 Å². The molecular formula is C21H22N2O3. The third-order valence-corrected chi connectivity index (χ3v) is 4.50. The number of benzene rings is 2. The number of aromatic amines is 1. The summed E-state index contributed by atoms with van der Waals surface area (Å²) < 4.78 is 5.16. The number of methoxy groups -OCH3 is 1. The molecule has 0 fully saturated rings. The summed E-state index contributed by atoms with van der Waals surface area (Å²) in [6.45, 7) is 4.18. The molecule has 26 heavy (non-hydrogen) atoms. The highest BCUT2D eigenvalue weighted by Gasteiger charge is 2.14. The molecular weight excluding hydrogens is 328 g/mol. The largest absolute Gasteiger partial charge is 0.497 e. The van der Waals surface area contributed by atoms with Crippen molar-refractivity contribution in [3.05, 3.63) is 75.6 Å². The lowest BCUT2D eigenvalue weighted by molar-refractivity contribution is -0.130. The second-order valence-electron chi connectivity index (χ2n) is 6.39. The molecule has 0 aliphatic heterocycles. The maximum Gasteiger partial charge on any atom is 0.253 e. The fourth-order valence-electron chi connectivity index (χ4n) is 2.98. The highest BCUT2D eigenvalue weighted by Crippen LogP contribution is 2.17. The fourth-order valence-corrected chi connectivity index (χ4v) is 2.98. The molecule has 1 amide bonds. The Bertz CT molecular complexity index is 990. The van der Waals surface area contributed by atoms with E-state index in [0.29, 0.717) is 12.1 Å². The number of para-hydroxylation sites is 1.